The first kappa shape index (κ1) is 14.6. The molecule has 0 aliphatic carbocycles. The summed E-state index contributed by atoms with van der Waals surface area (Å²) in [6.45, 7) is 2.52. The van der Waals surface area contributed by atoms with E-state index in [2.05, 4.69) is 0 Å². The molecule has 0 fully saturated rings. The van der Waals surface area contributed by atoms with E-state index in [1.807, 2.05) is 13.0 Å². The Morgan fingerprint density at radius 1 is 1.20 bits per heavy atom. The minimum Gasteiger partial charge on any atom is -0.307 e. The van der Waals surface area contributed by atoms with Gasteiger partial charge in [0.2, 0.25) is 0 Å². The Morgan fingerprint density at radius 3 is 2.55 bits per heavy atom. The van der Waals surface area contributed by atoms with Crippen LogP contribution in [0, 0.1) is 11.3 Å². The first-order valence-corrected chi connectivity index (χ1v) is 6.93. The first-order chi connectivity index (χ1) is 9.58. The molecule has 0 amide bonds. The molecule has 2 aromatic rings. The van der Waals surface area contributed by atoms with Crippen molar-refractivity contribution in [3.05, 3.63) is 56.3 Å². The average molecular weight is 307 g/mol. The van der Waals surface area contributed by atoms with Gasteiger partial charge in [0.15, 0.2) is 0 Å². The van der Waals surface area contributed by atoms with Crippen LogP contribution in [0.1, 0.15) is 18.9 Å². The number of halogens is 2. The zero-order valence-electron chi connectivity index (χ0n) is 10.9. The molecule has 1 aromatic heterocycles. The van der Waals surface area contributed by atoms with Crippen LogP contribution >= 0.6 is 23.2 Å². The Hall–Kier alpha value is -1.76. The predicted molar refractivity (Wildman–Crippen MR) is 81.2 cm³/mol. The number of pyridine rings is 1. The molecule has 0 saturated carbocycles. The van der Waals surface area contributed by atoms with Crippen molar-refractivity contribution in [3.63, 3.8) is 0 Å². The molecule has 0 aliphatic rings. The smallest absolute Gasteiger partial charge is 0.268 e. The first-order valence-electron chi connectivity index (χ1n) is 6.17. The Bertz CT molecular complexity index is 745. The zero-order valence-corrected chi connectivity index (χ0v) is 12.4. The van der Waals surface area contributed by atoms with Crippen molar-refractivity contribution in [2.24, 2.45) is 0 Å². The highest BCUT2D eigenvalue weighted by molar-refractivity contribution is 6.42. The minimum absolute atomic E-state index is 0.141. The van der Waals surface area contributed by atoms with Crippen LogP contribution in [0.4, 0.5) is 0 Å². The predicted octanol–water partition coefficient (Wildman–Crippen LogP) is 4.10. The van der Waals surface area contributed by atoms with Crippen molar-refractivity contribution in [1.82, 2.24) is 4.57 Å². The van der Waals surface area contributed by atoms with E-state index in [4.69, 9.17) is 28.5 Å². The lowest BCUT2D eigenvalue weighted by Crippen LogP contribution is -2.23. The number of hydrogen-bond donors (Lipinski definition) is 0. The molecule has 0 radical (unpaired) electrons. The lowest BCUT2D eigenvalue weighted by Gasteiger charge is -2.13. The largest absolute Gasteiger partial charge is 0.307 e. The fraction of sp³-hybridized carbons (Fsp3) is 0.200. The average Bonchev–Trinajstić information content (AvgIpc) is 2.44. The molecule has 1 aromatic carbocycles. The number of hydrogen-bond acceptors (Lipinski definition) is 2. The maximum Gasteiger partial charge on any atom is 0.268 e. The molecular formula is C15H12Cl2N2O. The van der Waals surface area contributed by atoms with Gasteiger partial charge in [-0.15, -0.1) is 0 Å². The summed E-state index contributed by atoms with van der Waals surface area (Å²) in [6.07, 6.45) is 0.795. The Labute approximate surface area is 127 Å². The van der Waals surface area contributed by atoms with Gasteiger partial charge in [-0.25, -0.2) is 0 Å². The van der Waals surface area contributed by atoms with Crippen molar-refractivity contribution < 1.29 is 0 Å². The Kier molecular flexibility index (Phi) is 4.49. The summed E-state index contributed by atoms with van der Waals surface area (Å²) in [7, 11) is 0. The van der Waals surface area contributed by atoms with Gasteiger partial charge < -0.3 is 4.57 Å². The molecule has 2 rings (SSSR count). The number of nitriles is 1. The van der Waals surface area contributed by atoms with Gasteiger partial charge in [0.05, 0.1) is 15.7 Å². The van der Waals surface area contributed by atoms with Crippen LogP contribution in [0.3, 0.4) is 0 Å². The van der Waals surface area contributed by atoms with Crippen LogP contribution in [-0.4, -0.2) is 4.57 Å². The van der Waals surface area contributed by atoms with Gasteiger partial charge in [-0.05, 0) is 36.2 Å². The summed E-state index contributed by atoms with van der Waals surface area (Å²) in [6, 6.07) is 10.4. The van der Waals surface area contributed by atoms with E-state index in [-0.39, 0.29) is 11.1 Å². The summed E-state index contributed by atoms with van der Waals surface area (Å²) in [4.78, 5) is 12.2. The highest BCUT2D eigenvalue weighted by Gasteiger charge is 2.11. The molecule has 0 N–H and O–H groups in total. The molecule has 5 heteroatoms. The van der Waals surface area contributed by atoms with Gasteiger partial charge in [-0.3, -0.25) is 4.79 Å². The number of nitrogens with zero attached hydrogens (tertiary/aromatic N) is 2. The standard InChI is InChI=1S/C15H12Cl2N2O/c1-2-7-19-14(6-4-11(9-18)15(19)20)10-3-5-12(16)13(17)8-10/h3-6,8H,2,7H2,1H3. The molecule has 0 unspecified atom stereocenters. The summed E-state index contributed by atoms with van der Waals surface area (Å²) in [5, 5.41) is 9.85. The zero-order chi connectivity index (χ0) is 14.7. The third kappa shape index (κ3) is 2.72. The van der Waals surface area contributed by atoms with E-state index < -0.39 is 0 Å². The van der Waals surface area contributed by atoms with Crippen LogP contribution in [0.15, 0.2) is 35.1 Å². The highest BCUT2D eigenvalue weighted by atomic mass is 35.5. The molecule has 0 aliphatic heterocycles. The monoisotopic (exact) mass is 306 g/mol. The molecule has 0 spiro atoms. The SMILES string of the molecule is CCCn1c(-c2ccc(Cl)c(Cl)c2)ccc(C#N)c1=O. The molecule has 1 heterocycles. The molecule has 3 nitrogen and oxygen atoms in total. The third-order valence-corrected chi connectivity index (χ3v) is 3.70. The molecular weight excluding hydrogens is 295 g/mol. The third-order valence-electron chi connectivity index (χ3n) is 2.96. The fourth-order valence-electron chi connectivity index (χ4n) is 2.02. The summed E-state index contributed by atoms with van der Waals surface area (Å²) in [5.74, 6) is 0. The van der Waals surface area contributed by atoms with Crippen LogP contribution in [0.5, 0.6) is 0 Å². The summed E-state index contributed by atoms with van der Waals surface area (Å²) in [5.41, 5.74) is 1.39. The van der Waals surface area contributed by atoms with E-state index in [1.165, 1.54) is 6.07 Å². The van der Waals surface area contributed by atoms with Crippen LogP contribution in [0.2, 0.25) is 10.0 Å². The van der Waals surface area contributed by atoms with E-state index in [0.29, 0.717) is 16.6 Å². The topological polar surface area (TPSA) is 45.8 Å². The van der Waals surface area contributed by atoms with Gasteiger partial charge >= 0.3 is 0 Å². The summed E-state index contributed by atoms with van der Waals surface area (Å²) < 4.78 is 1.60. The normalized spacial score (nSPS) is 10.3. The van der Waals surface area contributed by atoms with Crippen LogP contribution in [0.25, 0.3) is 11.3 Å². The van der Waals surface area contributed by atoms with Crippen LogP contribution in [-0.2, 0) is 6.54 Å². The molecule has 0 saturated heterocycles. The molecule has 0 atom stereocenters. The summed E-state index contributed by atoms with van der Waals surface area (Å²) >= 11 is 11.9. The minimum atomic E-state index is -0.280. The lowest BCUT2D eigenvalue weighted by atomic mass is 10.1. The maximum absolute atomic E-state index is 12.2. The lowest BCUT2D eigenvalue weighted by molar-refractivity contribution is 0.659. The quantitative estimate of drug-likeness (QED) is 0.857. The van der Waals surface area contributed by atoms with E-state index >= 15 is 0 Å². The number of aromatic nitrogens is 1. The van der Waals surface area contributed by atoms with Crippen molar-refractivity contribution in [1.29, 1.82) is 5.26 Å². The fourth-order valence-corrected chi connectivity index (χ4v) is 2.31. The van der Waals surface area contributed by atoms with Crippen molar-refractivity contribution in [3.8, 4) is 17.3 Å². The van der Waals surface area contributed by atoms with Crippen molar-refractivity contribution in [2.75, 3.05) is 0 Å². The number of rotatable bonds is 3. The second-order valence-corrected chi connectivity index (χ2v) is 5.14. The highest BCUT2D eigenvalue weighted by Crippen LogP contribution is 2.28. The van der Waals surface area contributed by atoms with E-state index in [0.717, 1.165) is 17.7 Å². The Morgan fingerprint density at radius 2 is 1.95 bits per heavy atom. The second kappa shape index (κ2) is 6.13. The van der Waals surface area contributed by atoms with Gasteiger partial charge in [-0.1, -0.05) is 36.2 Å². The molecule has 0 bridgehead atoms. The van der Waals surface area contributed by atoms with Crippen molar-refractivity contribution >= 4 is 23.2 Å². The molecule has 20 heavy (non-hydrogen) atoms. The van der Waals surface area contributed by atoms with Gasteiger partial charge in [0.25, 0.3) is 5.56 Å². The second-order valence-electron chi connectivity index (χ2n) is 4.33. The molecule has 102 valence electrons. The van der Waals surface area contributed by atoms with Crippen LogP contribution < -0.4 is 5.56 Å². The van der Waals surface area contributed by atoms with E-state index in [9.17, 15) is 4.79 Å². The van der Waals surface area contributed by atoms with Gasteiger partial charge in [-0.2, -0.15) is 5.26 Å². The maximum atomic E-state index is 12.2. The van der Waals surface area contributed by atoms with Gasteiger partial charge in [0.1, 0.15) is 11.6 Å². The number of benzene rings is 1. The van der Waals surface area contributed by atoms with E-state index in [1.54, 1.807) is 28.8 Å². The van der Waals surface area contributed by atoms with Crippen molar-refractivity contribution in [2.45, 2.75) is 19.9 Å². The Balaban J connectivity index is 2.67. The van der Waals surface area contributed by atoms with Gasteiger partial charge in [0, 0.05) is 6.54 Å².